The van der Waals surface area contributed by atoms with Crippen LogP contribution in [-0.2, 0) is 13.1 Å². The third-order valence-corrected chi connectivity index (χ3v) is 5.71. The number of carbonyl (C=O) groups is 1. The molecule has 0 atom stereocenters. The van der Waals surface area contributed by atoms with Crippen molar-refractivity contribution >= 4 is 23.4 Å². The minimum atomic E-state index is -0.768. The first-order valence-corrected chi connectivity index (χ1v) is 11.1. The number of nitrogens with two attached hydrogens (primary N) is 1. The zero-order chi connectivity index (χ0) is 22.5. The van der Waals surface area contributed by atoms with Crippen LogP contribution in [0, 0.1) is 6.92 Å². The van der Waals surface area contributed by atoms with Crippen LogP contribution < -0.4 is 17.0 Å². The van der Waals surface area contributed by atoms with E-state index < -0.39 is 17.0 Å². The molecule has 0 saturated carbocycles. The summed E-state index contributed by atoms with van der Waals surface area (Å²) in [6.45, 7) is 6.95. The summed E-state index contributed by atoms with van der Waals surface area (Å²) in [5.74, 6) is 0.121. The fraction of sp³-hybridized carbons (Fsp3) is 0.381. The SMILES string of the molecule is CCCn1c(SCC(=O)c2c(N)n(CCC)c(=O)[nH]c2=O)nnc1-c1cccc(C)c1. The first kappa shape index (κ1) is 22.5. The van der Waals surface area contributed by atoms with Crippen LogP contribution in [0.25, 0.3) is 11.4 Å². The van der Waals surface area contributed by atoms with Gasteiger partial charge in [0.1, 0.15) is 11.4 Å². The van der Waals surface area contributed by atoms with Gasteiger partial charge in [-0.1, -0.05) is 49.4 Å². The number of benzene rings is 1. The van der Waals surface area contributed by atoms with E-state index in [-0.39, 0.29) is 17.1 Å². The van der Waals surface area contributed by atoms with Crippen molar-refractivity contribution in [1.29, 1.82) is 0 Å². The van der Waals surface area contributed by atoms with Crippen molar-refractivity contribution in [3.05, 3.63) is 56.2 Å². The van der Waals surface area contributed by atoms with Crippen LogP contribution in [0.1, 0.15) is 42.6 Å². The third kappa shape index (κ3) is 4.79. The predicted molar refractivity (Wildman–Crippen MR) is 122 cm³/mol. The molecule has 0 aliphatic heterocycles. The average Bonchev–Trinajstić information content (AvgIpc) is 3.12. The van der Waals surface area contributed by atoms with Gasteiger partial charge in [0.15, 0.2) is 16.8 Å². The lowest BCUT2D eigenvalue weighted by atomic mass is 10.1. The van der Waals surface area contributed by atoms with Crippen molar-refractivity contribution in [2.24, 2.45) is 0 Å². The summed E-state index contributed by atoms with van der Waals surface area (Å²) in [4.78, 5) is 39.2. The standard InChI is InChI=1S/C21H26N6O3S/c1-4-9-26-17(22)16(19(29)23-20(26)30)15(28)12-31-21-25-24-18(27(21)10-5-2)14-8-6-7-13(3)11-14/h6-8,11H,4-5,9-10,12,22H2,1-3H3,(H,23,29,30). The van der Waals surface area contributed by atoms with Gasteiger partial charge in [-0.2, -0.15) is 0 Å². The number of aromatic amines is 1. The van der Waals surface area contributed by atoms with Gasteiger partial charge in [0.25, 0.3) is 5.56 Å². The number of hydrogen-bond donors (Lipinski definition) is 2. The molecule has 9 nitrogen and oxygen atoms in total. The van der Waals surface area contributed by atoms with Gasteiger partial charge in [-0.15, -0.1) is 10.2 Å². The van der Waals surface area contributed by atoms with E-state index in [0.717, 1.165) is 23.4 Å². The summed E-state index contributed by atoms with van der Waals surface area (Å²) < 4.78 is 3.19. The molecule has 0 saturated heterocycles. The number of aromatic nitrogens is 5. The van der Waals surface area contributed by atoms with E-state index in [1.165, 1.54) is 16.3 Å². The van der Waals surface area contributed by atoms with Gasteiger partial charge in [0, 0.05) is 18.7 Å². The third-order valence-electron chi connectivity index (χ3n) is 4.74. The molecular weight excluding hydrogens is 416 g/mol. The quantitative estimate of drug-likeness (QED) is 0.385. The Morgan fingerprint density at radius 2 is 1.84 bits per heavy atom. The lowest BCUT2D eigenvalue weighted by molar-refractivity contribution is 0.102. The van der Waals surface area contributed by atoms with E-state index in [2.05, 4.69) is 22.1 Å². The molecule has 0 aliphatic rings. The van der Waals surface area contributed by atoms with Crippen molar-refractivity contribution in [2.75, 3.05) is 11.5 Å². The van der Waals surface area contributed by atoms with Crippen molar-refractivity contribution in [2.45, 2.75) is 51.9 Å². The van der Waals surface area contributed by atoms with Crippen LogP contribution >= 0.6 is 11.8 Å². The largest absolute Gasteiger partial charge is 0.384 e. The fourth-order valence-electron chi connectivity index (χ4n) is 3.32. The molecule has 0 bridgehead atoms. The van der Waals surface area contributed by atoms with Crippen LogP contribution in [0.15, 0.2) is 39.0 Å². The molecule has 3 N–H and O–H groups in total. The summed E-state index contributed by atoms with van der Waals surface area (Å²) in [5, 5.41) is 9.18. The molecule has 0 aliphatic carbocycles. The maximum atomic E-state index is 12.8. The number of nitrogen functional groups attached to an aromatic ring is 1. The minimum Gasteiger partial charge on any atom is -0.384 e. The molecule has 3 aromatic rings. The van der Waals surface area contributed by atoms with E-state index in [0.29, 0.717) is 24.7 Å². The summed E-state index contributed by atoms with van der Waals surface area (Å²) in [6.07, 6.45) is 1.51. The highest BCUT2D eigenvalue weighted by Crippen LogP contribution is 2.25. The first-order valence-electron chi connectivity index (χ1n) is 10.2. The van der Waals surface area contributed by atoms with Gasteiger partial charge in [0.2, 0.25) is 0 Å². The summed E-state index contributed by atoms with van der Waals surface area (Å²) >= 11 is 1.19. The van der Waals surface area contributed by atoms with Gasteiger partial charge in [-0.05, 0) is 25.8 Å². The number of ketones is 1. The van der Waals surface area contributed by atoms with Crippen LogP contribution in [-0.4, -0.2) is 35.9 Å². The Bertz CT molecular complexity index is 1210. The molecule has 2 heterocycles. The Hall–Kier alpha value is -3.14. The van der Waals surface area contributed by atoms with Crippen molar-refractivity contribution in [3.8, 4) is 11.4 Å². The molecule has 0 fully saturated rings. The molecule has 164 valence electrons. The van der Waals surface area contributed by atoms with Crippen LogP contribution in [0.5, 0.6) is 0 Å². The van der Waals surface area contributed by atoms with Crippen LogP contribution in [0.2, 0.25) is 0 Å². The Balaban J connectivity index is 1.88. The second kappa shape index (κ2) is 9.78. The molecule has 0 amide bonds. The van der Waals surface area contributed by atoms with E-state index in [1.54, 1.807) is 0 Å². The molecule has 0 unspecified atom stereocenters. The number of aryl methyl sites for hydroxylation is 1. The average molecular weight is 443 g/mol. The number of rotatable bonds is 9. The Kier molecular flexibility index (Phi) is 7.11. The Morgan fingerprint density at radius 1 is 1.13 bits per heavy atom. The van der Waals surface area contributed by atoms with E-state index in [1.807, 2.05) is 42.7 Å². The second-order valence-electron chi connectivity index (χ2n) is 7.21. The number of Topliss-reactive ketones (excluding diaryl/α,β-unsaturated/α-hetero) is 1. The van der Waals surface area contributed by atoms with Gasteiger partial charge in [0.05, 0.1) is 5.75 Å². The second-order valence-corrected chi connectivity index (χ2v) is 8.15. The number of nitrogens with zero attached hydrogens (tertiary/aromatic N) is 4. The van der Waals surface area contributed by atoms with E-state index >= 15 is 0 Å². The molecular formula is C21H26N6O3S. The van der Waals surface area contributed by atoms with Crippen molar-refractivity contribution in [3.63, 3.8) is 0 Å². The summed E-state index contributed by atoms with van der Waals surface area (Å²) in [7, 11) is 0. The Morgan fingerprint density at radius 3 is 2.52 bits per heavy atom. The van der Waals surface area contributed by atoms with Gasteiger partial charge in [-0.25, -0.2) is 4.79 Å². The number of carbonyl (C=O) groups excluding carboxylic acids is 1. The van der Waals surface area contributed by atoms with Crippen LogP contribution in [0.4, 0.5) is 5.82 Å². The van der Waals surface area contributed by atoms with Gasteiger partial charge >= 0.3 is 5.69 Å². The molecule has 0 spiro atoms. The Labute approximate surface area is 183 Å². The predicted octanol–water partition coefficient (Wildman–Crippen LogP) is 2.48. The van der Waals surface area contributed by atoms with E-state index in [4.69, 9.17) is 5.73 Å². The highest BCUT2D eigenvalue weighted by Gasteiger charge is 2.21. The number of H-pyrrole nitrogens is 1. The summed E-state index contributed by atoms with van der Waals surface area (Å²) in [6, 6.07) is 7.98. The smallest absolute Gasteiger partial charge is 0.329 e. The minimum absolute atomic E-state index is 0.0483. The molecule has 10 heteroatoms. The van der Waals surface area contributed by atoms with E-state index in [9.17, 15) is 14.4 Å². The zero-order valence-corrected chi connectivity index (χ0v) is 18.7. The van der Waals surface area contributed by atoms with Crippen molar-refractivity contribution in [1.82, 2.24) is 24.3 Å². The summed E-state index contributed by atoms with van der Waals surface area (Å²) in [5.41, 5.74) is 6.49. The molecule has 2 aromatic heterocycles. The molecule has 3 rings (SSSR count). The van der Waals surface area contributed by atoms with Gasteiger partial charge < -0.3 is 10.3 Å². The maximum absolute atomic E-state index is 12.8. The monoisotopic (exact) mass is 442 g/mol. The van der Waals surface area contributed by atoms with Crippen LogP contribution in [0.3, 0.4) is 0 Å². The fourth-order valence-corrected chi connectivity index (χ4v) is 4.16. The number of nitrogens with one attached hydrogen (secondary N) is 1. The van der Waals surface area contributed by atoms with Crippen molar-refractivity contribution < 1.29 is 4.79 Å². The zero-order valence-electron chi connectivity index (χ0n) is 17.8. The van der Waals surface area contributed by atoms with Gasteiger partial charge in [-0.3, -0.25) is 19.1 Å². The first-order chi connectivity index (χ1) is 14.9. The molecule has 31 heavy (non-hydrogen) atoms. The highest BCUT2D eigenvalue weighted by atomic mass is 32.2. The molecule has 0 radical (unpaired) electrons. The maximum Gasteiger partial charge on any atom is 0.329 e. The highest BCUT2D eigenvalue weighted by molar-refractivity contribution is 7.99. The number of thioether (sulfide) groups is 1. The lowest BCUT2D eigenvalue weighted by Crippen LogP contribution is -2.36. The normalized spacial score (nSPS) is 11.1. The molecule has 1 aromatic carbocycles. The lowest BCUT2D eigenvalue weighted by Gasteiger charge is -2.11. The topological polar surface area (TPSA) is 129 Å². The number of anilines is 1. The number of hydrogen-bond acceptors (Lipinski definition) is 7.